The molecule has 0 radical (unpaired) electrons. The number of halogens is 5. The number of rotatable bonds is 3. The van der Waals surface area contributed by atoms with Crippen molar-refractivity contribution in [2.75, 3.05) is 18.0 Å². The molecule has 5 nitrogen and oxygen atoms in total. The molecule has 1 saturated heterocycles. The molecule has 1 aromatic carbocycles. The van der Waals surface area contributed by atoms with Crippen LogP contribution in [0, 0.1) is 18.6 Å². The first-order valence-electron chi connectivity index (χ1n) is 8.57. The highest BCUT2D eigenvalue weighted by Crippen LogP contribution is 2.30. The Morgan fingerprint density at radius 3 is 2.46 bits per heavy atom. The fraction of sp³-hybridized carbons (Fsp3) is 0.389. The van der Waals surface area contributed by atoms with Gasteiger partial charge in [-0.2, -0.15) is 13.2 Å². The van der Waals surface area contributed by atoms with Gasteiger partial charge in [0.05, 0.1) is 5.56 Å². The molecule has 2 aromatic rings. The molecule has 1 aliphatic rings. The molecule has 10 heteroatoms. The number of anilines is 1. The lowest BCUT2D eigenvalue weighted by molar-refractivity contribution is -0.141. The molecule has 0 unspecified atom stereocenters. The highest BCUT2D eigenvalue weighted by molar-refractivity contribution is 5.94. The van der Waals surface area contributed by atoms with Crippen molar-refractivity contribution in [2.24, 2.45) is 0 Å². The third-order valence-electron chi connectivity index (χ3n) is 4.44. The highest BCUT2D eigenvalue weighted by atomic mass is 19.4. The minimum absolute atomic E-state index is 0.0156. The van der Waals surface area contributed by atoms with Crippen molar-refractivity contribution >= 4 is 11.7 Å². The van der Waals surface area contributed by atoms with Crippen LogP contribution in [-0.4, -0.2) is 35.0 Å². The van der Waals surface area contributed by atoms with Crippen molar-refractivity contribution in [1.29, 1.82) is 0 Å². The fourth-order valence-corrected chi connectivity index (χ4v) is 3.05. The minimum Gasteiger partial charge on any atom is -0.356 e. The summed E-state index contributed by atoms with van der Waals surface area (Å²) in [6.45, 7) is 2.09. The van der Waals surface area contributed by atoms with Crippen LogP contribution in [0.25, 0.3) is 0 Å². The summed E-state index contributed by atoms with van der Waals surface area (Å²) in [5.41, 5.74) is -1.39. The van der Waals surface area contributed by atoms with Gasteiger partial charge in [0, 0.05) is 25.2 Å². The Hall–Kier alpha value is -2.78. The SMILES string of the molecule is Cc1nc(N2CCC(NC(=O)c3cc(F)ccc3F)CC2)cc(C(F)(F)F)n1. The zero-order valence-electron chi connectivity index (χ0n) is 14.9. The van der Waals surface area contributed by atoms with Gasteiger partial charge in [-0.25, -0.2) is 18.7 Å². The Morgan fingerprint density at radius 2 is 1.82 bits per heavy atom. The van der Waals surface area contributed by atoms with Crippen molar-refractivity contribution < 1.29 is 26.7 Å². The average Bonchev–Trinajstić information content (AvgIpc) is 2.63. The number of hydrogen-bond acceptors (Lipinski definition) is 4. The Bertz CT molecular complexity index is 879. The van der Waals surface area contributed by atoms with E-state index in [2.05, 4.69) is 15.3 Å². The number of carbonyl (C=O) groups excluding carboxylic acids is 1. The van der Waals surface area contributed by atoms with E-state index in [0.717, 1.165) is 24.3 Å². The number of alkyl halides is 3. The van der Waals surface area contributed by atoms with Crippen LogP contribution >= 0.6 is 0 Å². The second-order valence-electron chi connectivity index (χ2n) is 6.52. The van der Waals surface area contributed by atoms with Crippen LogP contribution in [0.2, 0.25) is 0 Å². The molecule has 0 saturated carbocycles. The molecule has 1 aromatic heterocycles. The Balaban J connectivity index is 1.64. The van der Waals surface area contributed by atoms with Crippen molar-refractivity contribution in [3.05, 3.63) is 53.0 Å². The van der Waals surface area contributed by atoms with E-state index in [1.807, 2.05) is 0 Å². The molecule has 150 valence electrons. The lowest BCUT2D eigenvalue weighted by Gasteiger charge is -2.33. The van der Waals surface area contributed by atoms with Gasteiger partial charge in [0.1, 0.15) is 29.0 Å². The molecule has 0 bridgehead atoms. The van der Waals surface area contributed by atoms with Gasteiger partial charge >= 0.3 is 6.18 Å². The molecule has 1 N–H and O–H groups in total. The van der Waals surface area contributed by atoms with E-state index < -0.39 is 29.4 Å². The lowest BCUT2D eigenvalue weighted by atomic mass is 10.0. The van der Waals surface area contributed by atoms with Gasteiger partial charge in [-0.05, 0) is 38.0 Å². The van der Waals surface area contributed by atoms with Gasteiger partial charge in [-0.1, -0.05) is 0 Å². The van der Waals surface area contributed by atoms with E-state index in [4.69, 9.17) is 0 Å². The first-order valence-corrected chi connectivity index (χ1v) is 8.57. The zero-order chi connectivity index (χ0) is 20.5. The van der Waals surface area contributed by atoms with Crippen LogP contribution in [0.4, 0.5) is 27.8 Å². The van der Waals surface area contributed by atoms with E-state index in [9.17, 15) is 26.7 Å². The smallest absolute Gasteiger partial charge is 0.356 e. The molecular formula is C18H17F5N4O. The first-order chi connectivity index (χ1) is 13.1. The van der Waals surface area contributed by atoms with Crippen molar-refractivity contribution in [1.82, 2.24) is 15.3 Å². The third-order valence-corrected chi connectivity index (χ3v) is 4.44. The van der Waals surface area contributed by atoms with Crippen LogP contribution in [0.15, 0.2) is 24.3 Å². The fourth-order valence-electron chi connectivity index (χ4n) is 3.05. The minimum atomic E-state index is -4.57. The highest BCUT2D eigenvalue weighted by Gasteiger charge is 2.34. The summed E-state index contributed by atoms with van der Waals surface area (Å²) >= 11 is 0. The van der Waals surface area contributed by atoms with E-state index in [1.54, 1.807) is 4.90 Å². The van der Waals surface area contributed by atoms with Crippen LogP contribution in [-0.2, 0) is 6.18 Å². The number of benzene rings is 1. The molecule has 1 aliphatic heterocycles. The maximum absolute atomic E-state index is 13.7. The maximum atomic E-state index is 13.7. The van der Waals surface area contributed by atoms with Crippen LogP contribution in [0.5, 0.6) is 0 Å². The average molecular weight is 400 g/mol. The second kappa shape index (κ2) is 7.69. The summed E-state index contributed by atoms with van der Waals surface area (Å²) in [5, 5.41) is 2.64. The van der Waals surface area contributed by atoms with Gasteiger partial charge in [-0.3, -0.25) is 4.79 Å². The predicted octanol–water partition coefficient (Wildman–Crippen LogP) is 3.48. The van der Waals surface area contributed by atoms with Crippen molar-refractivity contribution in [2.45, 2.75) is 32.0 Å². The first kappa shape index (κ1) is 20.0. The molecule has 0 spiro atoms. The Morgan fingerprint density at radius 1 is 1.14 bits per heavy atom. The monoisotopic (exact) mass is 400 g/mol. The number of aromatic nitrogens is 2. The summed E-state index contributed by atoms with van der Waals surface area (Å²) in [4.78, 5) is 21.3. The lowest BCUT2D eigenvalue weighted by Crippen LogP contribution is -2.45. The van der Waals surface area contributed by atoms with Gasteiger partial charge in [-0.15, -0.1) is 0 Å². The Kier molecular flexibility index (Phi) is 5.48. The van der Waals surface area contributed by atoms with Gasteiger partial charge in [0.2, 0.25) is 0 Å². The number of nitrogens with zero attached hydrogens (tertiary/aromatic N) is 3. The molecule has 2 heterocycles. The van der Waals surface area contributed by atoms with Gasteiger partial charge in [0.15, 0.2) is 0 Å². The van der Waals surface area contributed by atoms with E-state index >= 15 is 0 Å². The summed E-state index contributed by atoms with van der Waals surface area (Å²) in [7, 11) is 0. The summed E-state index contributed by atoms with van der Waals surface area (Å²) < 4.78 is 65.7. The largest absolute Gasteiger partial charge is 0.433 e. The summed E-state index contributed by atoms with van der Waals surface area (Å²) in [6, 6.07) is 3.21. The third kappa shape index (κ3) is 4.55. The molecule has 3 rings (SSSR count). The number of nitrogens with one attached hydrogen (secondary N) is 1. The Labute approximate surface area is 157 Å². The van der Waals surface area contributed by atoms with Gasteiger partial charge < -0.3 is 10.2 Å². The number of piperidine rings is 1. The maximum Gasteiger partial charge on any atom is 0.433 e. The van der Waals surface area contributed by atoms with Crippen LogP contribution in [0.1, 0.15) is 34.7 Å². The van der Waals surface area contributed by atoms with E-state index in [1.165, 1.54) is 6.92 Å². The van der Waals surface area contributed by atoms with Gasteiger partial charge in [0.25, 0.3) is 5.91 Å². The van der Waals surface area contributed by atoms with Crippen molar-refractivity contribution in [3.8, 4) is 0 Å². The summed E-state index contributed by atoms with van der Waals surface area (Å²) in [6.07, 6.45) is -3.72. The number of hydrogen-bond donors (Lipinski definition) is 1. The molecule has 28 heavy (non-hydrogen) atoms. The molecule has 1 fully saturated rings. The zero-order valence-corrected chi connectivity index (χ0v) is 14.9. The topological polar surface area (TPSA) is 58.1 Å². The van der Waals surface area contributed by atoms with Crippen molar-refractivity contribution in [3.63, 3.8) is 0 Å². The number of carbonyl (C=O) groups is 1. The molecule has 0 atom stereocenters. The molecule has 1 amide bonds. The normalized spacial score (nSPS) is 15.6. The van der Waals surface area contributed by atoms with E-state index in [0.29, 0.717) is 25.9 Å². The molecular weight excluding hydrogens is 383 g/mol. The number of amides is 1. The molecule has 0 aliphatic carbocycles. The standard InChI is InChI=1S/C18H17F5N4O/c1-10-24-15(18(21,22)23)9-16(25-10)27-6-4-12(5-7-27)26-17(28)13-8-11(19)2-3-14(13)20/h2-3,8-9,12H,4-7H2,1H3,(H,26,28). The van der Waals surface area contributed by atoms with Crippen LogP contribution < -0.4 is 10.2 Å². The number of aryl methyl sites for hydroxylation is 1. The predicted molar refractivity (Wildman–Crippen MR) is 90.8 cm³/mol. The van der Waals surface area contributed by atoms with E-state index in [-0.39, 0.29) is 23.2 Å². The summed E-state index contributed by atoms with van der Waals surface area (Å²) in [5.74, 6) is -2.09. The van der Waals surface area contributed by atoms with Crippen LogP contribution in [0.3, 0.4) is 0 Å². The second-order valence-corrected chi connectivity index (χ2v) is 6.52. The quantitative estimate of drug-likeness (QED) is 0.802.